The third-order valence-electron chi connectivity index (χ3n) is 5.19. The second kappa shape index (κ2) is 10.8. The molecule has 9 heteroatoms. The van der Waals surface area contributed by atoms with E-state index in [0.717, 1.165) is 26.9 Å². The number of benzene rings is 3. The van der Waals surface area contributed by atoms with Gasteiger partial charge in [0.2, 0.25) is 6.54 Å². The molecule has 1 atom stereocenters. The number of hydrogen-bond donors (Lipinski definition) is 0. The lowest BCUT2D eigenvalue weighted by Gasteiger charge is -2.18. The Labute approximate surface area is 210 Å². The molecule has 0 spiro atoms. The molecular formula is C25H23BrN4O3S. The number of nitrogens with zero attached hydrogens (tertiary/aromatic N) is 4. The Morgan fingerprint density at radius 1 is 1.06 bits per heavy atom. The molecule has 3 aromatic carbocycles. The third-order valence-corrected chi connectivity index (χ3v) is 6.88. The summed E-state index contributed by atoms with van der Waals surface area (Å²) in [6.07, 6.45) is 0. The smallest absolute Gasteiger partial charge is 0.220 e. The third kappa shape index (κ3) is 5.84. The van der Waals surface area contributed by atoms with Crippen LogP contribution in [0.4, 0.5) is 0 Å². The van der Waals surface area contributed by atoms with Crippen molar-refractivity contribution in [2.24, 2.45) is 0 Å². The van der Waals surface area contributed by atoms with Gasteiger partial charge in [-0.05, 0) is 55.3 Å². The maximum atomic E-state index is 11.6. The molecule has 0 bridgehead atoms. The maximum absolute atomic E-state index is 11.6. The first kappa shape index (κ1) is 24.0. The number of thioether (sulfide) groups is 1. The molecule has 34 heavy (non-hydrogen) atoms. The molecule has 4 aromatic rings. The predicted molar refractivity (Wildman–Crippen MR) is 136 cm³/mol. The standard InChI is InChI=1S/C25H23BrN4O3S/c1-17-6-5-7-21(14-17)30-18(2)27-28-25(30)34-24(15-29(31)32)22-8-3-4-9-23(22)33-16-19-10-12-20(26)13-11-19/h3-14,24H,15-16H2,1-2H3/t24-/m1/s1. The lowest BCUT2D eigenvalue weighted by Crippen LogP contribution is -2.12. The van der Waals surface area contributed by atoms with Crippen molar-refractivity contribution in [3.63, 3.8) is 0 Å². The van der Waals surface area contributed by atoms with E-state index in [1.165, 1.54) is 11.8 Å². The molecule has 1 heterocycles. The van der Waals surface area contributed by atoms with Crippen molar-refractivity contribution in [1.29, 1.82) is 0 Å². The van der Waals surface area contributed by atoms with Gasteiger partial charge in [0.25, 0.3) is 0 Å². The van der Waals surface area contributed by atoms with Gasteiger partial charge in [0.05, 0.1) is 0 Å². The number of halogens is 1. The quantitative estimate of drug-likeness (QED) is 0.140. The van der Waals surface area contributed by atoms with Gasteiger partial charge in [-0.3, -0.25) is 14.7 Å². The highest BCUT2D eigenvalue weighted by Crippen LogP contribution is 2.40. The number of para-hydroxylation sites is 1. The zero-order valence-corrected chi connectivity index (χ0v) is 21.1. The van der Waals surface area contributed by atoms with Gasteiger partial charge in [-0.25, -0.2) is 0 Å². The molecule has 0 N–H and O–H groups in total. The Hall–Kier alpha value is -3.17. The van der Waals surface area contributed by atoms with E-state index in [1.54, 1.807) is 0 Å². The monoisotopic (exact) mass is 538 g/mol. The van der Waals surface area contributed by atoms with Gasteiger partial charge in [-0.1, -0.05) is 70.2 Å². The largest absolute Gasteiger partial charge is 0.489 e. The van der Waals surface area contributed by atoms with Crippen molar-refractivity contribution in [1.82, 2.24) is 14.8 Å². The minimum Gasteiger partial charge on any atom is -0.489 e. The number of aryl methyl sites for hydroxylation is 2. The summed E-state index contributed by atoms with van der Waals surface area (Å²) in [4.78, 5) is 11.3. The van der Waals surface area contributed by atoms with Crippen molar-refractivity contribution in [2.75, 3.05) is 6.54 Å². The van der Waals surface area contributed by atoms with Gasteiger partial charge in [-0.2, -0.15) is 0 Å². The average molecular weight is 539 g/mol. The molecule has 0 unspecified atom stereocenters. The molecule has 0 aliphatic carbocycles. The van der Waals surface area contributed by atoms with Crippen LogP contribution >= 0.6 is 27.7 Å². The number of rotatable bonds is 9. The predicted octanol–water partition coefficient (Wildman–Crippen LogP) is 6.34. The van der Waals surface area contributed by atoms with E-state index in [9.17, 15) is 10.1 Å². The Bertz CT molecular complexity index is 1290. The molecule has 0 saturated heterocycles. The Morgan fingerprint density at radius 2 is 1.82 bits per heavy atom. The first-order valence-corrected chi connectivity index (χ1v) is 12.3. The lowest BCUT2D eigenvalue weighted by molar-refractivity contribution is -0.479. The second-order valence-electron chi connectivity index (χ2n) is 7.78. The van der Waals surface area contributed by atoms with Gasteiger partial charge in [0.15, 0.2) is 5.16 Å². The van der Waals surface area contributed by atoms with Crippen molar-refractivity contribution in [2.45, 2.75) is 30.9 Å². The summed E-state index contributed by atoms with van der Waals surface area (Å²) in [7, 11) is 0. The molecule has 0 amide bonds. The van der Waals surface area contributed by atoms with E-state index in [1.807, 2.05) is 91.2 Å². The lowest BCUT2D eigenvalue weighted by atomic mass is 10.1. The van der Waals surface area contributed by atoms with Gasteiger partial charge in [-0.15, -0.1) is 10.2 Å². The molecule has 174 valence electrons. The Kier molecular flexibility index (Phi) is 7.64. The van der Waals surface area contributed by atoms with Crippen LogP contribution in [-0.2, 0) is 6.61 Å². The van der Waals surface area contributed by atoms with Crippen molar-refractivity contribution in [3.8, 4) is 11.4 Å². The number of ether oxygens (including phenoxy) is 1. The summed E-state index contributed by atoms with van der Waals surface area (Å²) in [5.74, 6) is 1.33. The molecule has 0 saturated carbocycles. The van der Waals surface area contributed by atoms with Crippen LogP contribution in [0.2, 0.25) is 0 Å². The Balaban J connectivity index is 1.64. The van der Waals surface area contributed by atoms with Gasteiger partial charge in [0, 0.05) is 20.6 Å². The fourth-order valence-electron chi connectivity index (χ4n) is 3.57. The zero-order chi connectivity index (χ0) is 24.1. The minimum absolute atomic E-state index is 0.275. The van der Waals surface area contributed by atoms with Crippen molar-refractivity contribution < 1.29 is 9.66 Å². The van der Waals surface area contributed by atoms with Gasteiger partial charge in [0.1, 0.15) is 23.4 Å². The summed E-state index contributed by atoms with van der Waals surface area (Å²) in [6, 6.07) is 23.3. The first-order valence-electron chi connectivity index (χ1n) is 10.6. The highest BCUT2D eigenvalue weighted by molar-refractivity contribution is 9.10. The Morgan fingerprint density at radius 3 is 2.56 bits per heavy atom. The fraction of sp³-hybridized carbons (Fsp3) is 0.200. The summed E-state index contributed by atoms with van der Waals surface area (Å²) in [6.45, 7) is 3.98. The summed E-state index contributed by atoms with van der Waals surface area (Å²) in [5, 5.41) is 20.3. The molecule has 0 radical (unpaired) electrons. The van der Waals surface area contributed by atoms with Crippen LogP contribution in [0.5, 0.6) is 5.75 Å². The van der Waals surface area contributed by atoms with Crippen LogP contribution in [0.25, 0.3) is 5.69 Å². The molecule has 0 aliphatic heterocycles. The second-order valence-corrected chi connectivity index (χ2v) is 9.86. The number of aromatic nitrogens is 3. The summed E-state index contributed by atoms with van der Waals surface area (Å²) < 4.78 is 9.02. The maximum Gasteiger partial charge on any atom is 0.220 e. The molecule has 0 aliphatic rings. The minimum atomic E-state index is -0.511. The van der Waals surface area contributed by atoms with Crippen molar-refractivity contribution >= 4 is 27.7 Å². The van der Waals surface area contributed by atoms with E-state index in [4.69, 9.17) is 4.74 Å². The highest BCUT2D eigenvalue weighted by atomic mass is 79.9. The molecule has 4 rings (SSSR count). The SMILES string of the molecule is Cc1cccc(-n2c(C)nnc2S[C@H](C[N+](=O)[O-])c2ccccc2OCc2ccc(Br)cc2)c1. The van der Waals surface area contributed by atoms with E-state index in [2.05, 4.69) is 26.1 Å². The van der Waals surface area contributed by atoms with Crippen LogP contribution in [0.15, 0.2) is 82.4 Å². The van der Waals surface area contributed by atoms with E-state index < -0.39 is 5.25 Å². The van der Waals surface area contributed by atoms with E-state index in [0.29, 0.717) is 23.3 Å². The fourth-order valence-corrected chi connectivity index (χ4v) is 5.03. The van der Waals surface area contributed by atoms with Gasteiger partial charge >= 0.3 is 0 Å². The highest BCUT2D eigenvalue weighted by Gasteiger charge is 2.26. The summed E-state index contributed by atoms with van der Waals surface area (Å²) >= 11 is 4.75. The van der Waals surface area contributed by atoms with E-state index >= 15 is 0 Å². The van der Waals surface area contributed by atoms with Crippen molar-refractivity contribution in [3.05, 3.63) is 110 Å². The normalized spacial score (nSPS) is 11.9. The first-order chi connectivity index (χ1) is 16.4. The van der Waals surface area contributed by atoms with Crippen LogP contribution in [0.1, 0.15) is 27.8 Å². The molecular weight excluding hydrogens is 516 g/mol. The van der Waals surface area contributed by atoms with Crippen LogP contribution in [0.3, 0.4) is 0 Å². The van der Waals surface area contributed by atoms with Gasteiger partial charge < -0.3 is 4.74 Å². The number of nitro groups is 1. The molecule has 1 aromatic heterocycles. The average Bonchev–Trinajstić information content (AvgIpc) is 3.18. The zero-order valence-electron chi connectivity index (χ0n) is 18.7. The van der Waals surface area contributed by atoms with Crippen LogP contribution in [0, 0.1) is 24.0 Å². The summed E-state index contributed by atoms with van der Waals surface area (Å²) in [5.41, 5.74) is 3.78. The van der Waals surface area contributed by atoms with E-state index in [-0.39, 0.29) is 11.5 Å². The topological polar surface area (TPSA) is 83.1 Å². The van der Waals surface area contributed by atoms with Crippen LogP contribution < -0.4 is 4.74 Å². The van der Waals surface area contributed by atoms with Crippen LogP contribution in [-0.4, -0.2) is 26.2 Å². The molecule has 7 nitrogen and oxygen atoms in total. The number of hydrogen-bond acceptors (Lipinski definition) is 6. The molecule has 0 fully saturated rings.